The minimum atomic E-state index is -0.568. The third-order valence-electron chi connectivity index (χ3n) is 4.43. The Labute approximate surface area is 185 Å². The molecular formula is C23H26FN3O5. The summed E-state index contributed by atoms with van der Waals surface area (Å²) in [6.07, 6.45) is 0. The van der Waals surface area contributed by atoms with Crippen LogP contribution in [0.1, 0.15) is 50.0 Å². The van der Waals surface area contributed by atoms with Crippen molar-refractivity contribution in [3.05, 3.63) is 53.7 Å². The molecule has 170 valence electrons. The van der Waals surface area contributed by atoms with Crippen molar-refractivity contribution in [1.82, 2.24) is 15.5 Å². The van der Waals surface area contributed by atoms with E-state index in [1.807, 2.05) is 20.8 Å². The minimum absolute atomic E-state index is 0.221. The SMILES string of the molecule is CCOc1cc(C(=O)NC(C)c2nc(-c3ccc(F)cc3)no2)cc(OCC)c1OCC. The Morgan fingerprint density at radius 1 is 1.03 bits per heavy atom. The molecule has 8 nitrogen and oxygen atoms in total. The maximum absolute atomic E-state index is 13.1. The maximum atomic E-state index is 13.1. The van der Waals surface area contributed by atoms with Crippen molar-refractivity contribution in [3.8, 4) is 28.6 Å². The summed E-state index contributed by atoms with van der Waals surface area (Å²) < 4.78 is 35.4. The van der Waals surface area contributed by atoms with Gasteiger partial charge in [0.1, 0.15) is 11.9 Å². The first-order valence-corrected chi connectivity index (χ1v) is 10.4. The van der Waals surface area contributed by atoms with Crippen LogP contribution in [0.15, 0.2) is 40.9 Å². The van der Waals surface area contributed by atoms with Crippen LogP contribution in [0.5, 0.6) is 17.2 Å². The fourth-order valence-electron chi connectivity index (χ4n) is 2.99. The van der Waals surface area contributed by atoms with Crippen LogP contribution in [0.25, 0.3) is 11.4 Å². The lowest BCUT2D eigenvalue weighted by molar-refractivity contribution is 0.0931. The van der Waals surface area contributed by atoms with Crippen molar-refractivity contribution in [2.75, 3.05) is 19.8 Å². The highest BCUT2D eigenvalue weighted by Crippen LogP contribution is 2.39. The lowest BCUT2D eigenvalue weighted by Gasteiger charge is -2.17. The second kappa shape index (κ2) is 10.6. The molecule has 3 rings (SSSR count). The fourth-order valence-corrected chi connectivity index (χ4v) is 2.99. The third kappa shape index (κ3) is 5.35. The molecule has 0 aliphatic rings. The van der Waals surface area contributed by atoms with Crippen molar-refractivity contribution in [2.24, 2.45) is 0 Å². The zero-order valence-electron chi connectivity index (χ0n) is 18.5. The Hall–Kier alpha value is -3.62. The second-order valence-corrected chi connectivity index (χ2v) is 6.76. The topological polar surface area (TPSA) is 95.7 Å². The molecule has 2 aromatic carbocycles. The summed E-state index contributed by atoms with van der Waals surface area (Å²) in [7, 11) is 0. The van der Waals surface area contributed by atoms with Gasteiger partial charge in [-0.05, 0) is 64.1 Å². The van der Waals surface area contributed by atoms with Crippen LogP contribution < -0.4 is 19.5 Å². The van der Waals surface area contributed by atoms with E-state index in [1.165, 1.54) is 12.1 Å². The number of ether oxygens (including phenoxy) is 3. The van der Waals surface area contributed by atoms with Crippen molar-refractivity contribution >= 4 is 5.91 Å². The number of carbonyl (C=O) groups excluding carboxylic acids is 1. The lowest BCUT2D eigenvalue weighted by atomic mass is 10.1. The number of benzene rings is 2. The van der Waals surface area contributed by atoms with Crippen molar-refractivity contribution in [1.29, 1.82) is 0 Å². The van der Waals surface area contributed by atoms with Gasteiger partial charge >= 0.3 is 0 Å². The molecule has 0 saturated heterocycles. The Morgan fingerprint density at radius 2 is 1.62 bits per heavy atom. The van der Waals surface area contributed by atoms with Gasteiger partial charge in [0.05, 0.1) is 19.8 Å². The number of aromatic nitrogens is 2. The molecule has 1 heterocycles. The van der Waals surface area contributed by atoms with Crippen LogP contribution in [0.3, 0.4) is 0 Å². The average molecular weight is 443 g/mol. The monoisotopic (exact) mass is 443 g/mol. The van der Waals surface area contributed by atoms with Crippen LogP contribution in [-0.2, 0) is 0 Å². The number of halogens is 1. The molecule has 0 fully saturated rings. The molecular weight excluding hydrogens is 417 g/mol. The van der Waals surface area contributed by atoms with Gasteiger partial charge in [0, 0.05) is 11.1 Å². The molecule has 0 aliphatic heterocycles. The summed E-state index contributed by atoms with van der Waals surface area (Å²) in [5, 5.41) is 6.74. The van der Waals surface area contributed by atoms with Crippen molar-refractivity contribution in [2.45, 2.75) is 33.7 Å². The Morgan fingerprint density at radius 3 is 2.19 bits per heavy atom. The number of amides is 1. The van der Waals surface area contributed by atoms with E-state index < -0.39 is 6.04 Å². The van der Waals surface area contributed by atoms with Crippen molar-refractivity contribution < 1.29 is 27.9 Å². The second-order valence-electron chi connectivity index (χ2n) is 6.76. The van der Waals surface area contributed by atoms with Crippen LogP contribution in [0, 0.1) is 5.82 Å². The van der Waals surface area contributed by atoms with Crippen LogP contribution >= 0.6 is 0 Å². The molecule has 0 spiro atoms. The molecule has 0 saturated carbocycles. The van der Waals surface area contributed by atoms with E-state index in [0.29, 0.717) is 54.0 Å². The normalized spacial score (nSPS) is 11.7. The largest absolute Gasteiger partial charge is 0.490 e. The van der Waals surface area contributed by atoms with E-state index >= 15 is 0 Å². The minimum Gasteiger partial charge on any atom is -0.490 e. The fraction of sp³-hybridized carbons (Fsp3) is 0.348. The van der Waals surface area contributed by atoms with Gasteiger partial charge in [-0.25, -0.2) is 4.39 Å². The van der Waals surface area contributed by atoms with Gasteiger partial charge in [-0.3, -0.25) is 4.79 Å². The van der Waals surface area contributed by atoms with Crippen LogP contribution in [0.2, 0.25) is 0 Å². The highest BCUT2D eigenvalue weighted by atomic mass is 19.1. The summed E-state index contributed by atoms with van der Waals surface area (Å²) in [6, 6.07) is 8.38. The summed E-state index contributed by atoms with van der Waals surface area (Å²) >= 11 is 0. The first kappa shape index (κ1) is 23.1. The molecule has 1 atom stereocenters. The van der Waals surface area contributed by atoms with Gasteiger partial charge < -0.3 is 24.1 Å². The van der Waals surface area contributed by atoms with Gasteiger partial charge in [0.15, 0.2) is 11.5 Å². The maximum Gasteiger partial charge on any atom is 0.252 e. The zero-order valence-corrected chi connectivity index (χ0v) is 18.5. The van der Waals surface area contributed by atoms with E-state index in [4.69, 9.17) is 18.7 Å². The van der Waals surface area contributed by atoms with E-state index in [0.717, 1.165) is 0 Å². The van der Waals surface area contributed by atoms with Crippen LogP contribution in [0.4, 0.5) is 4.39 Å². The Kier molecular flexibility index (Phi) is 7.64. The van der Waals surface area contributed by atoms with Gasteiger partial charge in [-0.1, -0.05) is 5.16 Å². The highest BCUT2D eigenvalue weighted by Gasteiger charge is 2.22. The average Bonchev–Trinajstić information content (AvgIpc) is 3.27. The predicted octanol–water partition coefficient (Wildman–Crippen LogP) is 4.56. The summed E-state index contributed by atoms with van der Waals surface area (Å²) in [6.45, 7) is 8.51. The number of hydrogen-bond acceptors (Lipinski definition) is 7. The summed E-state index contributed by atoms with van der Waals surface area (Å²) in [5.41, 5.74) is 0.944. The highest BCUT2D eigenvalue weighted by molar-refractivity contribution is 5.95. The first-order chi connectivity index (χ1) is 15.5. The first-order valence-electron chi connectivity index (χ1n) is 10.4. The number of nitrogens with zero attached hydrogens (tertiary/aromatic N) is 2. The quantitative estimate of drug-likeness (QED) is 0.491. The van der Waals surface area contributed by atoms with E-state index in [2.05, 4.69) is 15.5 Å². The smallest absolute Gasteiger partial charge is 0.252 e. The Bertz CT molecular complexity index is 1030. The molecule has 1 amide bonds. The summed E-state index contributed by atoms with van der Waals surface area (Å²) in [5.74, 6) is 1.11. The van der Waals surface area contributed by atoms with Gasteiger partial charge in [-0.15, -0.1) is 0 Å². The van der Waals surface area contributed by atoms with Gasteiger partial charge in [0.25, 0.3) is 5.91 Å². The molecule has 1 aromatic heterocycles. The molecule has 3 aromatic rings. The predicted molar refractivity (Wildman–Crippen MR) is 116 cm³/mol. The van der Waals surface area contributed by atoms with Crippen molar-refractivity contribution in [3.63, 3.8) is 0 Å². The van der Waals surface area contributed by atoms with Gasteiger partial charge in [-0.2, -0.15) is 4.98 Å². The number of hydrogen-bond donors (Lipinski definition) is 1. The number of rotatable bonds is 10. The van der Waals surface area contributed by atoms with E-state index in [9.17, 15) is 9.18 Å². The molecule has 1 unspecified atom stereocenters. The summed E-state index contributed by atoms with van der Waals surface area (Å²) in [4.78, 5) is 17.2. The number of carbonyl (C=O) groups is 1. The third-order valence-corrected chi connectivity index (χ3v) is 4.43. The number of nitrogens with one attached hydrogen (secondary N) is 1. The lowest BCUT2D eigenvalue weighted by Crippen LogP contribution is -2.27. The molecule has 0 bridgehead atoms. The molecule has 9 heteroatoms. The standard InChI is InChI=1S/C23H26FN3O5/c1-5-29-18-12-16(13-19(30-6-2)20(18)31-7-3)22(28)25-14(4)23-26-21(27-32-23)15-8-10-17(24)11-9-15/h8-14H,5-7H2,1-4H3,(H,25,28). The molecule has 32 heavy (non-hydrogen) atoms. The molecule has 0 aliphatic carbocycles. The molecule has 0 radical (unpaired) electrons. The van der Waals surface area contributed by atoms with E-state index in [-0.39, 0.29) is 17.6 Å². The molecule has 1 N–H and O–H groups in total. The van der Waals surface area contributed by atoms with E-state index in [1.54, 1.807) is 31.2 Å². The van der Waals surface area contributed by atoms with Crippen LogP contribution in [-0.4, -0.2) is 35.9 Å². The zero-order chi connectivity index (χ0) is 23.1. The van der Waals surface area contributed by atoms with Gasteiger partial charge in [0.2, 0.25) is 17.5 Å². The Balaban J connectivity index is 1.80.